The van der Waals surface area contributed by atoms with Crippen molar-refractivity contribution in [1.29, 1.82) is 0 Å². The molecular weight excluding hydrogens is 260 g/mol. The summed E-state index contributed by atoms with van der Waals surface area (Å²) in [7, 11) is 1.41. The van der Waals surface area contributed by atoms with Crippen molar-refractivity contribution in [2.24, 2.45) is 17.3 Å². The monoisotopic (exact) mass is 282 g/mol. The summed E-state index contributed by atoms with van der Waals surface area (Å²) < 4.78 is 16.7. The molecule has 2 spiro atoms. The van der Waals surface area contributed by atoms with Crippen LogP contribution in [0, 0.1) is 17.3 Å². The van der Waals surface area contributed by atoms with E-state index >= 15 is 0 Å². The van der Waals surface area contributed by atoms with E-state index in [1.54, 1.807) is 6.92 Å². The van der Waals surface area contributed by atoms with E-state index in [2.05, 4.69) is 0 Å². The molecule has 2 saturated carbocycles. The van der Waals surface area contributed by atoms with Crippen LogP contribution in [0.3, 0.4) is 0 Å². The summed E-state index contributed by atoms with van der Waals surface area (Å²) in [6.07, 6.45) is 4.17. The number of hydrogen-bond acceptors (Lipinski definition) is 5. The van der Waals surface area contributed by atoms with Crippen molar-refractivity contribution in [3.63, 3.8) is 0 Å². The van der Waals surface area contributed by atoms with Gasteiger partial charge < -0.3 is 14.2 Å². The van der Waals surface area contributed by atoms with Crippen LogP contribution < -0.4 is 0 Å². The Bertz CT molecular complexity index is 426. The van der Waals surface area contributed by atoms with Crippen molar-refractivity contribution in [2.75, 3.05) is 20.3 Å². The first-order valence-corrected chi connectivity index (χ1v) is 7.43. The Morgan fingerprint density at radius 3 is 2.45 bits per heavy atom. The van der Waals surface area contributed by atoms with Gasteiger partial charge in [0.2, 0.25) is 0 Å². The minimum atomic E-state index is -0.734. The molecule has 0 N–H and O–H groups in total. The van der Waals surface area contributed by atoms with Crippen molar-refractivity contribution < 1.29 is 23.8 Å². The third-order valence-electron chi connectivity index (χ3n) is 5.49. The fourth-order valence-electron chi connectivity index (χ4n) is 4.69. The molecule has 5 heteroatoms. The first-order valence-electron chi connectivity index (χ1n) is 7.43. The standard InChI is InChI=1S/C15H22O5/c1-10(16)11-5-3-4-6-14(11)12(13(17)18-2)9-15(14)19-7-8-20-15/h11-12H,3-9H2,1-2H3/t11-,12?,14+/m1/s1. The second-order valence-corrected chi connectivity index (χ2v) is 6.18. The SMILES string of the molecule is COC(=O)C1CC2(OCCO2)[C@]12CCCC[C@@H]2C(C)=O. The highest BCUT2D eigenvalue weighted by atomic mass is 16.7. The van der Waals surface area contributed by atoms with Crippen LogP contribution in [0.15, 0.2) is 0 Å². The zero-order valence-corrected chi connectivity index (χ0v) is 12.1. The average molecular weight is 282 g/mol. The van der Waals surface area contributed by atoms with Crippen molar-refractivity contribution in [2.45, 2.75) is 44.8 Å². The van der Waals surface area contributed by atoms with E-state index in [1.165, 1.54) is 7.11 Å². The van der Waals surface area contributed by atoms with E-state index in [-0.39, 0.29) is 23.6 Å². The van der Waals surface area contributed by atoms with Crippen LogP contribution in [0.5, 0.6) is 0 Å². The second-order valence-electron chi connectivity index (χ2n) is 6.18. The molecule has 3 rings (SSSR count). The molecule has 1 saturated heterocycles. The summed E-state index contributed by atoms with van der Waals surface area (Å²) in [5.74, 6) is -1.27. The largest absolute Gasteiger partial charge is 0.469 e. The van der Waals surface area contributed by atoms with Gasteiger partial charge in [0.05, 0.1) is 26.2 Å². The van der Waals surface area contributed by atoms with E-state index in [4.69, 9.17) is 14.2 Å². The number of Topliss-reactive ketones (excluding diaryl/α,β-unsaturated/α-hetero) is 1. The fourth-order valence-corrected chi connectivity index (χ4v) is 4.69. The predicted octanol–water partition coefficient (Wildman–Crippen LogP) is 1.69. The summed E-state index contributed by atoms with van der Waals surface area (Å²) >= 11 is 0. The summed E-state index contributed by atoms with van der Waals surface area (Å²) in [4.78, 5) is 24.3. The molecule has 1 unspecified atom stereocenters. The van der Waals surface area contributed by atoms with Crippen molar-refractivity contribution in [3.05, 3.63) is 0 Å². The van der Waals surface area contributed by atoms with Crippen LogP contribution >= 0.6 is 0 Å². The van der Waals surface area contributed by atoms with Crippen molar-refractivity contribution in [1.82, 2.24) is 0 Å². The Morgan fingerprint density at radius 2 is 1.85 bits per heavy atom. The third-order valence-corrected chi connectivity index (χ3v) is 5.49. The Balaban J connectivity index is 2.01. The number of fused-ring (bicyclic) bond motifs is 1. The Labute approximate surface area is 118 Å². The van der Waals surface area contributed by atoms with E-state index < -0.39 is 11.2 Å². The Kier molecular flexibility index (Phi) is 3.37. The number of ether oxygens (including phenoxy) is 3. The third kappa shape index (κ3) is 1.62. The molecule has 3 fully saturated rings. The van der Waals surface area contributed by atoms with E-state index in [1.807, 2.05) is 0 Å². The molecule has 3 atom stereocenters. The van der Waals surface area contributed by atoms with Crippen LogP contribution in [-0.4, -0.2) is 37.9 Å². The van der Waals surface area contributed by atoms with Gasteiger partial charge >= 0.3 is 5.97 Å². The number of ketones is 1. The van der Waals surface area contributed by atoms with Gasteiger partial charge in [0.15, 0.2) is 5.79 Å². The molecule has 3 aliphatic rings. The van der Waals surface area contributed by atoms with Crippen molar-refractivity contribution in [3.8, 4) is 0 Å². The van der Waals surface area contributed by atoms with Gasteiger partial charge in [-0.2, -0.15) is 0 Å². The molecule has 1 aliphatic heterocycles. The lowest BCUT2D eigenvalue weighted by atomic mass is 9.45. The fraction of sp³-hybridized carbons (Fsp3) is 0.867. The second kappa shape index (κ2) is 4.81. The van der Waals surface area contributed by atoms with Gasteiger partial charge in [-0.15, -0.1) is 0 Å². The molecule has 20 heavy (non-hydrogen) atoms. The van der Waals surface area contributed by atoms with Gasteiger partial charge in [0.25, 0.3) is 0 Å². The van der Waals surface area contributed by atoms with Crippen LogP contribution in [0.25, 0.3) is 0 Å². The van der Waals surface area contributed by atoms with Gasteiger partial charge in [0.1, 0.15) is 5.78 Å². The number of rotatable bonds is 2. The van der Waals surface area contributed by atoms with Gasteiger partial charge in [-0.1, -0.05) is 12.8 Å². The van der Waals surface area contributed by atoms with E-state index in [0.29, 0.717) is 19.6 Å². The lowest BCUT2D eigenvalue weighted by molar-refractivity contribution is -0.344. The molecule has 0 aromatic carbocycles. The van der Waals surface area contributed by atoms with Gasteiger partial charge in [0, 0.05) is 17.8 Å². The molecule has 0 amide bonds. The van der Waals surface area contributed by atoms with Crippen LogP contribution in [0.2, 0.25) is 0 Å². The van der Waals surface area contributed by atoms with Crippen LogP contribution in [-0.2, 0) is 23.8 Å². The minimum Gasteiger partial charge on any atom is -0.469 e. The van der Waals surface area contributed by atoms with Crippen molar-refractivity contribution >= 4 is 11.8 Å². The lowest BCUT2D eigenvalue weighted by Crippen LogP contribution is -2.71. The molecule has 0 radical (unpaired) electrons. The van der Waals surface area contributed by atoms with Gasteiger partial charge in [-0.25, -0.2) is 0 Å². The van der Waals surface area contributed by atoms with Crippen LogP contribution in [0.1, 0.15) is 39.0 Å². The van der Waals surface area contributed by atoms with Crippen LogP contribution in [0.4, 0.5) is 0 Å². The average Bonchev–Trinajstić information content (AvgIpc) is 2.95. The molecule has 0 aromatic rings. The molecule has 0 bridgehead atoms. The number of esters is 1. The van der Waals surface area contributed by atoms with Gasteiger partial charge in [-0.3, -0.25) is 9.59 Å². The highest BCUT2D eigenvalue weighted by Crippen LogP contribution is 2.67. The first kappa shape index (κ1) is 14.0. The molecular formula is C15H22O5. The highest BCUT2D eigenvalue weighted by Gasteiger charge is 2.75. The number of carbonyl (C=O) groups is 2. The molecule has 112 valence electrons. The Hall–Kier alpha value is -0.940. The first-order chi connectivity index (χ1) is 9.57. The van der Waals surface area contributed by atoms with E-state index in [9.17, 15) is 9.59 Å². The maximum atomic E-state index is 12.1. The number of methoxy groups -OCH3 is 1. The van der Waals surface area contributed by atoms with Gasteiger partial charge in [-0.05, 0) is 19.8 Å². The smallest absolute Gasteiger partial charge is 0.309 e. The number of hydrogen-bond donors (Lipinski definition) is 0. The zero-order chi connectivity index (χ0) is 14.4. The summed E-state index contributed by atoms with van der Waals surface area (Å²) in [5, 5.41) is 0. The summed E-state index contributed by atoms with van der Waals surface area (Å²) in [6.45, 7) is 2.70. The molecule has 0 aromatic heterocycles. The maximum absolute atomic E-state index is 12.1. The molecule has 1 heterocycles. The summed E-state index contributed by atoms with van der Waals surface area (Å²) in [6, 6.07) is 0. The van der Waals surface area contributed by atoms with E-state index in [0.717, 1.165) is 25.7 Å². The molecule has 2 aliphatic carbocycles. The molecule has 5 nitrogen and oxygen atoms in total. The lowest BCUT2D eigenvalue weighted by Gasteiger charge is -2.63. The Morgan fingerprint density at radius 1 is 1.15 bits per heavy atom. The highest BCUT2D eigenvalue weighted by molar-refractivity contribution is 5.83. The minimum absolute atomic E-state index is 0.136. The quantitative estimate of drug-likeness (QED) is 0.721. The maximum Gasteiger partial charge on any atom is 0.309 e. The topological polar surface area (TPSA) is 61.8 Å². The predicted molar refractivity (Wildman–Crippen MR) is 69.8 cm³/mol. The normalized spacial score (nSPS) is 38.7. The number of carbonyl (C=O) groups excluding carboxylic acids is 2. The summed E-state index contributed by atoms with van der Waals surface area (Å²) in [5.41, 5.74) is -0.513. The zero-order valence-electron chi connectivity index (χ0n) is 12.1.